The monoisotopic (exact) mass is 241 g/mol. The summed E-state index contributed by atoms with van der Waals surface area (Å²) in [4.78, 5) is 11.7. The van der Waals surface area contributed by atoms with E-state index in [9.17, 15) is 0 Å². The fourth-order valence-corrected chi connectivity index (χ4v) is 1.86. The average Bonchev–Trinajstić information content (AvgIpc) is 2.99. The van der Waals surface area contributed by atoms with Crippen LogP contribution < -0.4 is 11.1 Å². The maximum atomic E-state index is 5.71. The maximum absolute atomic E-state index is 5.71. The van der Waals surface area contributed by atoms with Crippen molar-refractivity contribution in [1.29, 1.82) is 0 Å². The first-order valence-corrected chi connectivity index (χ1v) is 5.98. The van der Waals surface area contributed by atoms with Crippen molar-refractivity contribution in [1.82, 2.24) is 15.0 Å². The van der Waals surface area contributed by atoms with Gasteiger partial charge >= 0.3 is 0 Å². The molecule has 0 spiro atoms. The van der Waals surface area contributed by atoms with Crippen molar-refractivity contribution in [3.63, 3.8) is 0 Å². The van der Waals surface area contributed by atoms with Crippen LogP contribution in [-0.4, -0.2) is 21.0 Å². The quantitative estimate of drug-likeness (QED) is 0.826. The molecule has 5 nitrogen and oxygen atoms in total. The van der Waals surface area contributed by atoms with Crippen LogP contribution in [0.25, 0.3) is 0 Å². The van der Waals surface area contributed by atoms with Crippen molar-refractivity contribution in [3.8, 4) is 0 Å². The number of nitrogens with two attached hydrogens (primary N) is 1. The molecule has 0 radical (unpaired) electrons. The molecule has 16 heavy (non-hydrogen) atoms. The molecule has 0 aromatic carbocycles. The Morgan fingerprint density at radius 2 is 2.19 bits per heavy atom. The highest BCUT2D eigenvalue weighted by atomic mass is 35.5. The minimum absolute atomic E-state index is 0.135. The smallest absolute Gasteiger partial charge is 0.229 e. The second-order valence-corrected chi connectivity index (χ2v) is 4.55. The van der Waals surface area contributed by atoms with Gasteiger partial charge in [-0.1, -0.05) is 19.8 Å². The lowest BCUT2D eigenvalue weighted by Crippen LogP contribution is -2.21. The van der Waals surface area contributed by atoms with Crippen LogP contribution in [0.3, 0.4) is 0 Å². The van der Waals surface area contributed by atoms with Gasteiger partial charge in [-0.15, -0.1) is 0 Å². The summed E-state index contributed by atoms with van der Waals surface area (Å²) in [6.45, 7) is 2.15. The summed E-state index contributed by atoms with van der Waals surface area (Å²) in [6, 6.07) is 0.394. The molecular formula is C10H16ClN5. The van der Waals surface area contributed by atoms with Crippen LogP contribution in [0.2, 0.25) is 5.28 Å². The molecule has 0 saturated heterocycles. The molecule has 1 saturated carbocycles. The third-order valence-corrected chi connectivity index (χ3v) is 2.94. The van der Waals surface area contributed by atoms with E-state index in [4.69, 9.17) is 17.3 Å². The van der Waals surface area contributed by atoms with E-state index in [0.29, 0.717) is 12.0 Å². The highest BCUT2D eigenvalue weighted by Crippen LogP contribution is 2.34. The summed E-state index contributed by atoms with van der Waals surface area (Å²) in [5.74, 6) is 1.50. The van der Waals surface area contributed by atoms with E-state index >= 15 is 0 Å². The van der Waals surface area contributed by atoms with Crippen molar-refractivity contribution in [2.45, 2.75) is 38.6 Å². The third-order valence-electron chi connectivity index (χ3n) is 2.77. The van der Waals surface area contributed by atoms with Crippen LogP contribution in [-0.2, 0) is 0 Å². The molecule has 1 unspecified atom stereocenters. The van der Waals surface area contributed by atoms with Crippen molar-refractivity contribution in [3.05, 3.63) is 5.28 Å². The molecule has 1 aliphatic carbocycles. The second-order valence-electron chi connectivity index (χ2n) is 4.21. The van der Waals surface area contributed by atoms with Gasteiger partial charge < -0.3 is 11.1 Å². The van der Waals surface area contributed by atoms with Crippen molar-refractivity contribution >= 4 is 23.5 Å². The first-order valence-electron chi connectivity index (χ1n) is 5.61. The first kappa shape index (κ1) is 11.4. The fourth-order valence-electron chi connectivity index (χ4n) is 1.70. The van der Waals surface area contributed by atoms with Crippen molar-refractivity contribution < 1.29 is 0 Å². The third kappa shape index (κ3) is 3.20. The Balaban J connectivity index is 1.99. The standard InChI is InChI=1S/C10H16ClN5/c1-2-7(5-6-3-4-6)13-10-15-8(11)14-9(12)16-10/h6-7H,2-5H2,1H3,(H3,12,13,14,15,16). The van der Waals surface area contributed by atoms with Gasteiger partial charge in [-0.25, -0.2) is 0 Å². The van der Waals surface area contributed by atoms with E-state index in [-0.39, 0.29) is 11.2 Å². The van der Waals surface area contributed by atoms with Gasteiger partial charge in [-0.2, -0.15) is 15.0 Å². The molecule has 1 fully saturated rings. The van der Waals surface area contributed by atoms with E-state index < -0.39 is 0 Å². The molecule has 0 amide bonds. The Morgan fingerprint density at radius 3 is 2.75 bits per heavy atom. The van der Waals surface area contributed by atoms with Crippen LogP contribution in [0.15, 0.2) is 0 Å². The largest absolute Gasteiger partial charge is 0.368 e. The number of aromatic nitrogens is 3. The van der Waals surface area contributed by atoms with Gasteiger partial charge in [0.1, 0.15) is 0 Å². The molecule has 1 aromatic heterocycles. The Morgan fingerprint density at radius 1 is 1.44 bits per heavy atom. The Hall–Kier alpha value is -1.10. The van der Waals surface area contributed by atoms with Gasteiger partial charge in [0.25, 0.3) is 0 Å². The Kier molecular flexibility index (Phi) is 3.43. The second kappa shape index (κ2) is 4.82. The molecule has 2 rings (SSSR count). The van der Waals surface area contributed by atoms with Crippen LogP contribution in [0.5, 0.6) is 0 Å². The van der Waals surface area contributed by atoms with Crippen LogP contribution in [0, 0.1) is 5.92 Å². The summed E-state index contributed by atoms with van der Waals surface area (Å²) in [5.41, 5.74) is 5.50. The van der Waals surface area contributed by atoms with E-state index in [1.807, 2.05) is 0 Å². The molecule has 1 aliphatic rings. The van der Waals surface area contributed by atoms with E-state index in [0.717, 1.165) is 12.3 Å². The number of hydrogen-bond donors (Lipinski definition) is 2. The van der Waals surface area contributed by atoms with E-state index in [2.05, 4.69) is 27.2 Å². The highest BCUT2D eigenvalue weighted by Gasteiger charge is 2.25. The summed E-state index contributed by atoms with van der Waals surface area (Å²) in [7, 11) is 0. The first-order chi connectivity index (χ1) is 7.67. The number of nitrogen functional groups attached to an aromatic ring is 1. The topological polar surface area (TPSA) is 76.7 Å². The van der Waals surface area contributed by atoms with Gasteiger partial charge in [0.2, 0.25) is 17.2 Å². The summed E-state index contributed by atoms with van der Waals surface area (Å²) < 4.78 is 0. The maximum Gasteiger partial charge on any atom is 0.229 e. The predicted octanol–water partition coefficient (Wildman–Crippen LogP) is 2.10. The minimum Gasteiger partial charge on any atom is -0.368 e. The van der Waals surface area contributed by atoms with Crippen LogP contribution >= 0.6 is 11.6 Å². The Bertz CT molecular complexity index is 346. The average molecular weight is 242 g/mol. The molecule has 1 atom stereocenters. The SMILES string of the molecule is CCC(CC1CC1)Nc1nc(N)nc(Cl)n1. The number of anilines is 2. The Labute approximate surface area is 99.8 Å². The predicted molar refractivity (Wildman–Crippen MR) is 64.3 cm³/mol. The molecule has 0 aliphatic heterocycles. The molecule has 6 heteroatoms. The summed E-state index contributed by atoms with van der Waals surface area (Å²) in [5, 5.41) is 3.39. The molecule has 1 heterocycles. The zero-order valence-electron chi connectivity index (χ0n) is 9.28. The van der Waals surface area contributed by atoms with Gasteiger partial charge in [-0.05, 0) is 30.4 Å². The van der Waals surface area contributed by atoms with Gasteiger partial charge in [0, 0.05) is 6.04 Å². The summed E-state index contributed by atoms with van der Waals surface area (Å²) in [6.07, 6.45) is 4.90. The van der Waals surface area contributed by atoms with Gasteiger partial charge in [0.05, 0.1) is 0 Å². The minimum atomic E-state index is 0.135. The summed E-state index contributed by atoms with van der Waals surface area (Å²) >= 11 is 5.71. The molecule has 3 N–H and O–H groups in total. The number of hydrogen-bond acceptors (Lipinski definition) is 5. The zero-order chi connectivity index (χ0) is 11.5. The number of halogens is 1. The van der Waals surface area contributed by atoms with Gasteiger partial charge in [0.15, 0.2) is 0 Å². The lowest BCUT2D eigenvalue weighted by molar-refractivity contribution is 0.582. The van der Waals surface area contributed by atoms with E-state index in [1.54, 1.807) is 0 Å². The number of rotatable bonds is 5. The normalized spacial score (nSPS) is 17.1. The lowest BCUT2D eigenvalue weighted by atomic mass is 10.1. The van der Waals surface area contributed by atoms with Crippen molar-refractivity contribution in [2.24, 2.45) is 5.92 Å². The zero-order valence-corrected chi connectivity index (χ0v) is 10.0. The molecule has 88 valence electrons. The van der Waals surface area contributed by atoms with E-state index in [1.165, 1.54) is 19.3 Å². The van der Waals surface area contributed by atoms with Gasteiger partial charge in [-0.3, -0.25) is 0 Å². The fraction of sp³-hybridized carbons (Fsp3) is 0.700. The van der Waals surface area contributed by atoms with Crippen LogP contribution in [0.1, 0.15) is 32.6 Å². The van der Waals surface area contributed by atoms with Crippen LogP contribution in [0.4, 0.5) is 11.9 Å². The molecule has 0 bridgehead atoms. The highest BCUT2D eigenvalue weighted by molar-refractivity contribution is 6.28. The number of nitrogens with one attached hydrogen (secondary N) is 1. The lowest BCUT2D eigenvalue weighted by Gasteiger charge is -2.16. The van der Waals surface area contributed by atoms with Crippen molar-refractivity contribution in [2.75, 3.05) is 11.1 Å². The molecular weight excluding hydrogens is 226 g/mol. The number of nitrogens with zero attached hydrogens (tertiary/aromatic N) is 3. The molecule has 1 aromatic rings.